The lowest BCUT2D eigenvalue weighted by Crippen LogP contribution is -2.64. The molecule has 2 nitrogen and oxygen atoms in total. The SMILES string of the molecule is C/C=C1/CCC2C3C(CC[C@]12C)[C@@]1(C)CCCCC1[C@@H](OCc1ccccc1)[C@@H]3OCc1ccccc1. The maximum Gasteiger partial charge on any atom is 0.0878 e. The standard InChI is InChI=1S/C35H46O2/c1-4-27-18-19-28-31-29(20-22-34(27,28)2)35(3)21-12-11-17-30(35)32(36-23-25-13-7-5-8-14-25)33(31)37-24-26-15-9-6-10-16-26/h4-10,13-16,28-33H,11-12,17-24H2,1-3H3/b27-4-/t28?,29?,30?,31?,32-,33-,34-,35-/m1/s1. The number of benzene rings is 2. The molecule has 0 heterocycles. The van der Waals surface area contributed by atoms with Crippen LogP contribution in [0.5, 0.6) is 0 Å². The highest BCUT2D eigenvalue weighted by Gasteiger charge is 2.64. The van der Waals surface area contributed by atoms with Crippen molar-refractivity contribution in [2.45, 2.75) is 97.6 Å². The Hall–Kier alpha value is -1.90. The van der Waals surface area contributed by atoms with Crippen LogP contribution in [-0.2, 0) is 22.7 Å². The Bertz CT molecular complexity index is 1080. The highest BCUT2D eigenvalue weighted by Crippen LogP contribution is 2.68. The summed E-state index contributed by atoms with van der Waals surface area (Å²) in [4.78, 5) is 0. The van der Waals surface area contributed by atoms with E-state index in [2.05, 4.69) is 87.5 Å². The fourth-order valence-electron chi connectivity index (χ4n) is 9.53. The van der Waals surface area contributed by atoms with Gasteiger partial charge in [0.05, 0.1) is 25.4 Å². The molecule has 8 atom stereocenters. The summed E-state index contributed by atoms with van der Waals surface area (Å²) in [5.74, 6) is 2.59. The van der Waals surface area contributed by atoms with Crippen molar-refractivity contribution in [1.29, 1.82) is 0 Å². The van der Waals surface area contributed by atoms with Crippen LogP contribution in [-0.4, -0.2) is 12.2 Å². The van der Waals surface area contributed by atoms with Gasteiger partial charge in [0.25, 0.3) is 0 Å². The van der Waals surface area contributed by atoms with Gasteiger partial charge in [0.2, 0.25) is 0 Å². The Morgan fingerprint density at radius 1 is 0.730 bits per heavy atom. The number of rotatable bonds is 6. The van der Waals surface area contributed by atoms with E-state index >= 15 is 0 Å². The molecule has 0 aromatic heterocycles. The van der Waals surface area contributed by atoms with Gasteiger partial charge in [-0.25, -0.2) is 0 Å². The average molecular weight is 499 g/mol. The lowest BCUT2D eigenvalue weighted by atomic mass is 9.43. The van der Waals surface area contributed by atoms with E-state index in [1.165, 1.54) is 62.5 Å². The molecule has 6 rings (SSSR count). The van der Waals surface area contributed by atoms with Crippen molar-refractivity contribution in [2.75, 3.05) is 0 Å². The van der Waals surface area contributed by atoms with Crippen molar-refractivity contribution in [3.05, 3.63) is 83.4 Å². The third-order valence-electron chi connectivity index (χ3n) is 11.4. The molecule has 37 heavy (non-hydrogen) atoms. The van der Waals surface area contributed by atoms with Gasteiger partial charge >= 0.3 is 0 Å². The number of ether oxygens (including phenoxy) is 2. The van der Waals surface area contributed by atoms with E-state index in [0.717, 1.165) is 5.92 Å². The topological polar surface area (TPSA) is 18.5 Å². The molecule has 4 saturated carbocycles. The maximum atomic E-state index is 7.11. The molecule has 4 aliphatic carbocycles. The van der Waals surface area contributed by atoms with Crippen molar-refractivity contribution in [3.8, 4) is 0 Å². The van der Waals surface area contributed by atoms with Gasteiger partial charge in [-0.3, -0.25) is 0 Å². The first-order valence-corrected chi connectivity index (χ1v) is 15.0. The summed E-state index contributed by atoms with van der Waals surface area (Å²) < 4.78 is 14.2. The van der Waals surface area contributed by atoms with Gasteiger partial charge in [-0.2, -0.15) is 0 Å². The molecule has 198 valence electrons. The van der Waals surface area contributed by atoms with Crippen LogP contribution in [0.3, 0.4) is 0 Å². The summed E-state index contributed by atoms with van der Waals surface area (Å²) in [6.07, 6.45) is 13.4. The molecule has 0 radical (unpaired) electrons. The Balaban J connectivity index is 1.39. The first-order valence-electron chi connectivity index (χ1n) is 15.0. The molecule has 0 saturated heterocycles. The molecular weight excluding hydrogens is 452 g/mol. The van der Waals surface area contributed by atoms with E-state index in [9.17, 15) is 0 Å². The molecule has 0 amide bonds. The van der Waals surface area contributed by atoms with E-state index in [1.807, 2.05) is 0 Å². The zero-order valence-electron chi connectivity index (χ0n) is 23.2. The zero-order chi connectivity index (χ0) is 25.5. The van der Waals surface area contributed by atoms with Crippen LogP contribution >= 0.6 is 0 Å². The summed E-state index contributed by atoms with van der Waals surface area (Å²) in [5, 5.41) is 0. The van der Waals surface area contributed by atoms with Crippen molar-refractivity contribution >= 4 is 0 Å². The minimum absolute atomic E-state index is 0.158. The maximum absolute atomic E-state index is 7.11. The normalized spacial score (nSPS) is 40.1. The second-order valence-corrected chi connectivity index (χ2v) is 13.0. The van der Waals surface area contributed by atoms with Gasteiger partial charge in [-0.05, 0) is 91.1 Å². The van der Waals surface area contributed by atoms with Crippen LogP contribution in [0.2, 0.25) is 0 Å². The molecule has 2 aromatic rings. The van der Waals surface area contributed by atoms with Gasteiger partial charge in [0, 0.05) is 0 Å². The van der Waals surface area contributed by atoms with E-state index < -0.39 is 0 Å². The number of fused-ring (bicyclic) bond motifs is 5. The quantitative estimate of drug-likeness (QED) is 0.371. The second kappa shape index (κ2) is 10.3. The van der Waals surface area contributed by atoms with Crippen LogP contribution in [0, 0.1) is 34.5 Å². The predicted octanol–water partition coefficient (Wildman–Crippen LogP) is 8.76. The first kappa shape index (κ1) is 25.4. The fourth-order valence-corrected chi connectivity index (χ4v) is 9.53. The van der Waals surface area contributed by atoms with E-state index in [1.54, 1.807) is 5.57 Å². The van der Waals surface area contributed by atoms with Gasteiger partial charge in [-0.1, -0.05) is 99.0 Å². The molecule has 2 aromatic carbocycles. The Kier molecular flexibility index (Phi) is 7.10. The first-order chi connectivity index (χ1) is 18.0. The molecule has 0 aliphatic heterocycles. The average Bonchev–Trinajstić information content (AvgIpc) is 3.28. The van der Waals surface area contributed by atoms with Crippen LogP contribution in [0.15, 0.2) is 72.3 Å². The summed E-state index contributed by atoms with van der Waals surface area (Å²) in [7, 11) is 0. The van der Waals surface area contributed by atoms with Crippen LogP contribution in [0.25, 0.3) is 0 Å². The second-order valence-electron chi connectivity index (χ2n) is 13.0. The minimum Gasteiger partial charge on any atom is -0.371 e. The predicted molar refractivity (Wildman–Crippen MR) is 151 cm³/mol. The van der Waals surface area contributed by atoms with Gasteiger partial charge < -0.3 is 9.47 Å². The number of hydrogen-bond acceptors (Lipinski definition) is 2. The Morgan fingerprint density at radius 2 is 1.38 bits per heavy atom. The van der Waals surface area contributed by atoms with Crippen molar-refractivity contribution in [2.24, 2.45) is 34.5 Å². The zero-order valence-corrected chi connectivity index (χ0v) is 23.2. The third kappa shape index (κ3) is 4.43. The van der Waals surface area contributed by atoms with E-state index in [0.29, 0.717) is 41.8 Å². The van der Waals surface area contributed by atoms with Crippen LogP contribution in [0.1, 0.15) is 83.3 Å². The summed E-state index contributed by atoms with van der Waals surface area (Å²) >= 11 is 0. The van der Waals surface area contributed by atoms with Crippen molar-refractivity contribution in [1.82, 2.24) is 0 Å². The molecule has 2 heteroatoms. The minimum atomic E-state index is 0.158. The third-order valence-corrected chi connectivity index (χ3v) is 11.4. The summed E-state index contributed by atoms with van der Waals surface area (Å²) in [6.45, 7) is 8.87. The van der Waals surface area contributed by atoms with Crippen LogP contribution in [0.4, 0.5) is 0 Å². The highest BCUT2D eigenvalue weighted by molar-refractivity contribution is 5.25. The molecule has 4 fully saturated rings. The molecule has 0 bridgehead atoms. The van der Waals surface area contributed by atoms with Gasteiger partial charge in [-0.15, -0.1) is 0 Å². The molecule has 0 spiro atoms. The lowest BCUT2D eigenvalue weighted by molar-refractivity contribution is -0.243. The molecule has 4 unspecified atom stereocenters. The molecule has 4 aliphatic rings. The Morgan fingerprint density at radius 3 is 2.03 bits per heavy atom. The monoisotopic (exact) mass is 498 g/mol. The smallest absolute Gasteiger partial charge is 0.0878 e. The summed E-state index contributed by atoms with van der Waals surface area (Å²) in [5.41, 5.74) is 4.94. The van der Waals surface area contributed by atoms with Crippen molar-refractivity contribution in [3.63, 3.8) is 0 Å². The van der Waals surface area contributed by atoms with Gasteiger partial charge in [0.15, 0.2) is 0 Å². The number of allylic oxidation sites excluding steroid dienone is 2. The lowest BCUT2D eigenvalue weighted by Gasteiger charge is -2.64. The van der Waals surface area contributed by atoms with E-state index in [4.69, 9.17) is 9.47 Å². The number of hydrogen-bond donors (Lipinski definition) is 0. The van der Waals surface area contributed by atoms with Crippen molar-refractivity contribution < 1.29 is 9.47 Å². The fraction of sp³-hybridized carbons (Fsp3) is 0.600. The highest BCUT2D eigenvalue weighted by atomic mass is 16.5. The van der Waals surface area contributed by atoms with E-state index in [-0.39, 0.29) is 12.2 Å². The summed E-state index contributed by atoms with van der Waals surface area (Å²) in [6, 6.07) is 21.6. The van der Waals surface area contributed by atoms with Crippen LogP contribution < -0.4 is 0 Å². The largest absolute Gasteiger partial charge is 0.371 e. The molecular formula is C35H46O2. The molecule has 0 N–H and O–H groups in total. The Labute approximate surface area is 224 Å². The van der Waals surface area contributed by atoms with Gasteiger partial charge in [0.1, 0.15) is 0 Å².